The maximum atomic E-state index is 12.4. The Kier molecular flexibility index (Phi) is 5.30. The maximum Gasteiger partial charge on any atom is 0.387 e. The number of nitrogens with one attached hydrogen (secondary N) is 1. The van der Waals surface area contributed by atoms with Crippen molar-refractivity contribution in [3.63, 3.8) is 0 Å². The molecule has 1 aromatic heterocycles. The number of alkyl halides is 2. The summed E-state index contributed by atoms with van der Waals surface area (Å²) in [6, 6.07) is 15.5. The van der Waals surface area contributed by atoms with E-state index >= 15 is 0 Å². The van der Waals surface area contributed by atoms with E-state index in [1.807, 2.05) is 30.3 Å². The van der Waals surface area contributed by atoms with Gasteiger partial charge in [-0.25, -0.2) is 0 Å². The molecule has 3 rings (SSSR count). The lowest BCUT2D eigenvalue weighted by molar-refractivity contribution is -0.0501. The number of aromatic nitrogens is 2. The first-order chi connectivity index (χ1) is 12.1. The number of ether oxygens (including phenoxy) is 1. The van der Waals surface area contributed by atoms with Gasteiger partial charge in [-0.15, -0.1) is 10.2 Å². The van der Waals surface area contributed by atoms with E-state index in [9.17, 15) is 13.6 Å². The molecule has 1 amide bonds. The molecular weight excluding hydrogens is 348 g/mol. The lowest BCUT2D eigenvalue weighted by Crippen LogP contribution is -2.14. The number of carbonyl (C=O) groups is 1. The van der Waals surface area contributed by atoms with Crippen LogP contribution >= 0.6 is 11.3 Å². The van der Waals surface area contributed by atoms with Crippen LogP contribution in [-0.4, -0.2) is 22.7 Å². The van der Waals surface area contributed by atoms with E-state index in [2.05, 4.69) is 20.3 Å². The number of amides is 1. The molecule has 0 saturated heterocycles. The zero-order valence-corrected chi connectivity index (χ0v) is 13.7. The normalized spacial score (nSPS) is 10.7. The molecule has 0 unspecified atom stereocenters. The predicted molar refractivity (Wildman–Crippen MR) is 90.2 cm³/mol. The Balaban J connectivity index is 1.70. The fourth-order valence-corrected chi connectivity index (χ4v) is 2.93. The summed E-state index contributed by atoms with van der Waals surface area (Å²) in [5.41, 5.74) is 1.08. The summed E-state index contributed by atoms with van der Waals surface area (Å²) in [4.78, 5) is 12.3. The molecule has 0 spiro atoms. The van der Waals surface area contributed by atoms with Crippen LogP contribution in [0.5, 0.6) is 5.75 Å². The Hall–Kier alpha value is -2.87. The molecule has 0 aliphatic rings. The predicted octanol–water partition coefficient (Wildman–Crippen LogP) is 3.98. The van der Waals surface area contributed by atoms with Crippen LogP contribution in [0.25, 0.3) is 0 Å². The van der Waals surface area contributed by atoms with Crippen molar-refractivity contribution in [3.8, 4) is 5.75 Å². The van der Waals surface area contributed by atoms with Gasteiger partial charge in [0.15, 0.2) is 0 Å². The van der Waals surface area contributed by atoms with E-state index in [4.69, 9.17) is 0 Å². The molecule has 1 N–H and O–H groups in total. The maximum absolute atomic E-state index is 12.4. The minimum Gasteiger partial charge on any atom is -0.434 e. The van der Waals surface area contributed by atoms with Gasteiger partial charge in [-0.2, -0.15) is 8.78 Å². The van der Waals surface area contributed by atoms with Gasteiger partial charge in [0, 0.05) is 6.42 Å². The van der Waals surface area contributed by atoms with Gasteiger partial charge >= 0.3 is 6.61 Å². The molecule has 0 fully saturated rings. The molecular formula is C17H13F2N3O2S. The highest BCUT2D eigenvalue weighted by atomic mass is 32.1. The second-order valence-corrected chi connectivity index (χ2v) is 6.05. The van der Waals surface area contributed by atoms with Crippen LogP contribution in [0.15, 0.2) is 54.6 Å². The number of hydrogen-bond acceptors (Lipinski definition) is 5. The standard InChI is InChI=1S/C17H13F2N3O2S/c18-16(19)24-13-9-5-4-8-12(13)15(23)20-17-22-21-14(25-17)10-11-6-2-1-3-7-11/h1-9,16H,10H2,(H,20,22,23). The first kappa shape index (κ1) is 17.0. The Bertz CT molecular complexity index is 856. The Morgan fingerprint density at radius 2 is 1.80 bits per heavy atom. The van der Waals surface area contributed by atoms with E-state index in [1.165, 1.54) is 29.5 Å². The zero-order valence-electron chi connectivity index (χ0n) is 12.9. The van der Waals surface area contributed by atoms with Crippen molar-refractivity contribution in [2.75, 3.05) is 5.32 Å². The number of anilines is 1. The number of halogens is 2. The number of rotatable bonds is 6. The monoisotopic (exact) mass is 361 g/mol. The van der Waals surface area contributed by atoms with Gasteiger partial charge < -0.3 is 4.74 Å². The molecule has 0 bridgehead atoms. The first-order valence-corrected chi connectivity index (χ1v) is 8.15. The number of nitrogens with zero attached hydrogens (tertiary/aromatic N) is 2. The average Bonchev–Trinajstić information content (AvgIpc) is 3.02. The summed E-state index contributed by atoms with van der Waals surface area (Å²) in [6.45, 7) is -3.01. The van der Waals surface area contributed by atoms with Crippen molar-refractivity contribution in [1.82, 2.24) is 10.2 Å². The van der Waals surface area contributed by atoms with Crippen LogP contribution in [0, 0.1) is 0 Å². The lowest BCUT2D eigenvalue weighted by atomic mass is 10.2. The van der Waals surface area contributed by atoms with Crippen molar-refractivity contribution >= 4 is 22.4 Å². The molecule has 25 heavy (non-hydrogen) atoms. The van der Waals surface area contributed by atoms with Crippen molar-refractivity contribution < 1.29 is 18.3 Å². The van der Waals surface area contributed by atoms with Crippen molar-refractivity contribution in [2.24, 2.45) is 0 Å². The minimum absolute atomic E-state index is 0.00242. The second-order valence-electron chi connectivity index (χ2n) is 4.99. The molecule has 128 valence electrons. The van der Waals surface area contributed by atoms with Gasteiger partial charge in [0.05, 0.1) is 5.56 Å². The fraction of sp³-hybridized carbons (Fsp3) is 0.118. The van der Waals surface area contributed by atoms with Crippen LogP contribution in [0.3, 0.4) is 0 Å². The van der Waals surface area contributed by atoms with E-state index < -0.39 is 12.5 Å². The number of hydrogen-bond donors (Lipinski definition) is 1. The Labute approximate surface area is 146 Å². The second kappa shape index (κ2) is 7.80. The Morgan fingerprint density at radius 3 is 2.56 bits per heavy atom. The van der Waals surface area contributed by atoms with E-state index in [1.54, 1.807) is 6.07 Å². The molecule has 0 saturated carbocycles. The Morgan fingerprint density at radius 1 is 1.08 bits per heavy atom. The summed E-state index contributed by atoms with van der Waals surface area (Å²) in [7, 11) is 0. The topological polar surface area (TPSA) is 64.1 Å². The minimum atomic E-state index is -3.01. The zero-order chi connectivity index (χ0) is 17.6. The van der Waals surface area contributed by atoms with E-state index in [0.717, 1.165) is 10.6 Å². The van der Waals surface area contributed by atoms with Gasteiger partial charge in [0.1, 0.15) is 10.8 Å². The summed E-state index contributed by atoms with van der Waals surface area (Å²) in [5, 5.41) is 11.5. The van der Waals surface area contributed by atoms with E-state index in [-0.39, 0.29) is 11.3 Å². The average molecular weight is 361 g/mol. The summed E-state index contributed by atoms with van der Waals surface area (Å²) in [6.07, 6.45) is 0.597. The fourth-order valence-electron chi connectivity index (χ4n) is 2.16. The van der Waals surface area contributed by atoms with Crippen molar-refractivity contribution in [1.29, 1.82) is 0 Å². The molecule has 3 aromatic rings. The van der Waals surface area contributed by atoms with Gasteiger partial charge in [-0.1, -0.05) is 53.8 Å². The molecule has 0 atom stereocenters. The lowest BCUT2D eigenvalue weighted by Gasteiger charge is -2.09. The highest BCUT2D eigenvalue weighted by Gasteiger charge is 2.17. The highest BCUT2D eigenvalue weighted by molar-refractivity contribution is 7.15. The molecule has 5 nitrogen and oxygen atoms in total. The van der Waals surface area contributed by atoms with Crippen LogP contribution in [0.2, 0.25) is 0 Å². The SMILES string of the molecule is O=C(Nc1nnc(Cc2ccccc2)s1)c1ccccc1OC(F)F. The van der Waals surface area contributed by atoms with Crippen LogP contribution in [0.1, 0.15) is 20.9 Å². The smallest absolute Gasteiger partial charge is 0.387 e. The van der Waals surface area contributed by atoms with Crippen LogP contribution < -0.4 is 10.1 Å². The van der Waals surface area contributed by atoms with Crippen LogP contribution in [0.4, 0.5) is 13.9 Å². The molecule has 1 heterocycles. The summed E-state index contributed by atoms with van der Waals surface area (Å²) in [5.74, 6) is -0.775. The van der Waals surface area contributed by atoms with E-state index in [0.29, 0.717) is 11.6 Å². The quantitative estimate of drug-likeness (QED) is 0.721. The molecule has 2 aromatic carbocycles. The molecule has 8 heteroatoms. The van der Waals surface area contributed by atoms with Crippen LogP contribution in [-0.2, 0) is 6.42 Å². The molecule has 0 aliphatic carbocycles. The van der Waals surface area contributed by atoms with Crippen molar-refractivity contribution in [2.45, 2.75) is 13.0 Å². The molecule has 0 aliphatic heterocycles. The van der Waals surface area contributed by atoms with Gasteiger partial charge in [0.25, 0.3) is 5.91 Å². The number of benzene rings is 2. The van der Waals surface area contributed by atoms with Gasteiger partial charge in [0.2, 0.25) is 5.13 Å². The first-order valence-electron chi connectivity index (χ1n) is 7.33. The van der Waals surface area contributed by atoms with Crippen molar-refractivity contribution in [3.05, 3.63) is 70.7 Å². The molecule has 0 radical (unpaired) electrons. The number of carbonyl (C=O) groups excluding carboxylic acids is 1. The number of para-hydroxylation sites is 1. The third-order valence-corrected chi connectivity index (χ3v) is 4.07. The van der Waals surface area contributed by atoms with Gasteiger partial charge in [-0.05, 0) is 17.7 Å². The third-order valence-electron chi connectivity index (χ3n) is 3.23. The summed E-state index contributed by atoms with van der Waals surface area (Å²) < 4.78 is 29.2. The third kappa shape index (κ3) is 4.57. The summed E-state index contributed by atoms with van der Waals surface area (Å²) >= 11 is 1.23. The highest BCUT2D eigenvalue weighted by Crippen LogP contribution is 2.23. The largest absolute Gasteiger partial charge is 0.434 e. The van der Waals surface area contributed by atoms with Gasteiger partial charge in [-0.3, -0.25) is 10.1 Å².